The van der Waals surface area contributed by atoms with Gasteiger partial charge in [0.25, 0.3) is 0 Å². The molecule has 0 bridgehead atoms. The molecule has 0 aromatic heterocycles. The SMILES string of the molecule is CNC(Cc1cccc(F)c1Cl)c1cc(Br)ccc1I. The van der Waals surface area contributed by atoms with Gasteiger partial charge in [0.15, 0.2) is 0 Å². The van der Waals surface area contributed by atoms with Gasteiger partial charge in [0.1, 0.15) is 5.82 Å². The average Bonchev–Trinajstić information content (AvgIpc) is 2.43. The summed E-state index contributed by atoms with van der Waals surface area (Å²) in [6.45, 7) is 0. The Hall–Kier alpha value is -0.170. The third-order valence-corrected chi connectivity index (χ3v) is 5.04. The minimum atomic E-state index is -0.372. The fourth-order valence-corrected chi connectivity index (χ4v) is 3.37. The van der Waals surface area contributed by atoms with E-state index in [1.807, 2.05) is 19.2 Å². The zero-order valence-electron chi connectivity index (χ0n) is 10.8. The normalized spacial score (nSPS) is 12.4. The summed E-state index contributed by atoms with van der Waals surface area (Å²) in [5.41, 5.74) is 1.98. The van der Waals surface area contributed by atoms with Gasteiger partial charge in [-0.3, -0.25) is 0 Å². The van der Waals surface area contributed by atoms with Crippen molar-refractivity contribution in [2.24, 2.45) is 0 Å². The van der Waals surface area contributed by atoms with Crippen LogP contribution in [0.3, 0.4) is 0 Å². The molecule has 0 aliphatic carbocycles. The molecule has 1 unspecified atom stereocenters. The van der Waals surface area contributed by atoms with Crippen molar-refractivity contribution in [2.45, 2.75) is 12.5 Å². The second-order valence-electron chi connectivity index (χ2n) is 4.42. The van der Waals surface area contributed by atoms with Gasteiger partial charge in [0.2, 0.25) is 0 Å². The van der Waals surface area contributed by atoms with Gasteiger partial charge < -0.3 is 5.32 Å². The van der Waals surface area contributed by atoms with Crippen molar-refractivity contribution < 1.29 is 4.39 Å². The highest BCUT2D eigenvalue weighted by Crippen LogP contribution is 2.29. The molecule has 106 valence electrons. The van der Waals surface area contributed by atoms with Crippen LogP contribution in [0.25, 0.3) is 0 Å². The van der Waals surface area contributed by atoms with E-state index in [2.05, 4.69) is 56.0 Å². The Bertz CT molecular complexity index is 621. The molecule has 0 aliphatic rings. The van der Waals surface area contributed by atoms with E-state index in [0.717, 1.165) is 13.6 Å². The highest BCUT2D eigenvalue weighted by Gasteiger charge is 2.16. The molecule has 0 heterocycles. The summed E-state index contributed by atoms with van der Waals surface area (Å²) < 4.78 is 15.7. The predicted molar refractivity (Wildman–Crippen MR) is 93.8 cm³/mol. The summed E-state index contributed by atoms with van der Waals surface area (Å²) in [6, 6.07) is 11.2. The Kier molecular flexibility index (Phi) is 5.84. The van der Waals surface area contributed by atoms with Crippen LogP contribution in [0, 0.1) is 9.39 Å². The molecule has 2 aromatic rings. The lowest BCUT2D eigenvalue weighted by molar-refractivity contribution is 0.582. The van der Waals surface area contributed by atoms with Gasteiger partial charge in [0, 0.05) is 14.1 Å². The maximum Gasteiger partial charge on any atom is 0.142 e. The van der Waals surface area contributed by atoms with Crippen LogP contribution in [0.4, 0.5) is 4.39 Å². The summed E-state index contributed by atoms with van der Waals surface area (Å²) in [6.07, 6.45) is 0.638. The number of nitrogens with one attached hydrogen (secondary N) is 1. The Morgan fingerprint density at radius 2 is 2.10 bits per heavy atom. The minimum absolute atomic E-state index is 0.0821. The number of rotatable bonds is 4. The van der Waals surface area contributed by atoms with E-state index in [-0.39, 0.29) is 16.9 Å². The summed E-state index contributed by atoms with van der Waals surface area (Å²) in [5, 5.41) is 3.48. The number of hydrogen-bond donors (Lipinski definition) is 1. The second kappa shape index (κ2) is 7.20. The first-order valence-electron chi connectivity index (χ1n) is 6.08. The standard InChI is InChI=1S/C15H13BrClFIN/c1-20-14(11-8-10(16)5-6-13(11)19)7-9-3-2-4-12(18)15(9)17/h2-6,8,14,20H,7H2,1H3. The number of hydrogen-bond acceptors (Lipinski definition) is 1. The molecule has 0 amide bonds. The lowest BCUT2D eigenvalue weighted by Gasteiger charge is -2.19. The molecule has 0 saturated heterocycles. The molecule has 0 aliphatic heterocycles. The monoisotopic (exact) mass is 467 g/mol. The lowest BCUT2D eigenvalue weighted by atomic mass is 9.99. The van der Waals surface area contributed by atoms with E-state index in [4.69, 9.17) is 11.6 Å². The van der Waals surface area contributed by atoms with E-state index < -0.39 is 0 Å². The number of halogens is 4. The highest BCUT2D eigenvalue weighted by atomic mass is 127. The Morgan fingerprint density at radius 1 is 1.35 bits per heavy atom. The minimum Gasteiger partial charge on any atom is -0.313 e. The summed E-state index contributed by atoms with van der Waals surface area (Å²) in [4.78, 5) is 0. The molecule has 2 aromatic carbocycles. The zero-order valence-corrected chi connectivity index (χ0v) is 15.3. The molecular formula is C15H13BrClFIN. The molecule has 1 N–H and O–H groups in total. The van der Waals surface area contributed by atoms with Crippen LogP contribution in [-0.2, 0) is 6.42 Å². The zero-order chi connectivity index (χ0) is 14.7. The summed E-state index contributed by atoms with van der Waals surface area (Å²) in [7, 11) is 1.90. The van der Waals surface area contributed by atoms with E-state index in [1.54, 1.807) is 6.07 Å². The first-order chi connectivity index (χ1) is 9.52. The number of likely N-dealkylation sites (N-methyl/N-ethyl adjacent to an activating group) is 1. The van der Waals surface area contributed by atoms with Crippen molar-refractivity contribution in [1.29, 1.82) is 0 Å². The molecule has 0 spiro atoms. The van der Waals surface area contributed by atoms with Gasteiger partial charge in [-0.05, 0) is 71.5 Å². The molecule has 1 atom stereocenters. The molecular weight excluding hydrogens is 455 g/mol. The van der Waals surface area contributed by atoms with Gasteiger partial charge in [-0.2, -0.15) is 0 Å². The maximum atomic E-state index is 13.5. The largest absolute Gasteiger partial charge is 0.313 e. The van der Waals surface area contributed by atoms with Crippen molar-refractivity contribution >= 4 is 50.1 Å². The quantitative estimate of drug-likeness (QED) is 0.597. The van der Waals surface area contributed by atoms with Crippen LogP contribution in [0.5, 0.6) is 0 Å². The maximum absolute atomic E-state index is 13.5. The van der Waals surface area contributed by atoms with Crippen molar-refractivity contribution in [3.63, 3.8) is 0 Å². The van der Waals surface area contributed by atoms with Gasteiger partial charge in [-0.15, -0.1) is 0 Å². The van der Waals surface area contributed by atoms with Gasteiger partial charge in [-0.25, -0.2) is 4.39 Å². The van der Waals surface area contributed by atoms with Crippen molar-refractivity contribution in [2.75, 3.05) is 7.05 Å². The summed E-state index contributed by atoms with van der Waals surface area (Å²) >= 11 is 11.8. The van der Waals surface area contributed by atoms with Crippen LogP contribution >= 0.6 is 50.1 Å². The molecule has 5 heteroatoms. The molecule has 0 saturated carbocycles. The van der Waals surface area contributed by atoms with Crippen molar-refractivity contribution in [3.8, 4) is 0 Å². The van der Waals surface area contributed by atoms with Crippen LogP contribution in [0.2, 0.25) is 5.02 Å². The highest BCUT2D eigenvalue weighted by molar-refractivity contribution is 14.1. The van der Waals surface area contributed by atoms with Gasteiger partial charge in [0.05, 0.1) is 5.02 Å². The lowest BCUT2D eigenvalue weighted by Crippen LogP contribution is -2.20. The first-order valence-corrected chi connectivity index (χ1v) is 8.33. The van der Waals surface area contributed by atoms with Crippen LogP contribution in [0.15, 0.2) is 40.9 Å². The Labute approximate surface area is 145 Å². The Morgan fingerprint density at radius 3 is 2.80 bits per heavy atom. The van der Waals surface area contributed by atoms with Crippen molar-refractivity contribution in [3.05, 3.63) is 66.4 Å². The fourth-order valence-electron chi connectivity index (χ4n) is 2.08. The molecule has 2 rings (SSSR count). The average molecular weight is 469 g/mol. The molecule has 1 nitrogen and oxygen atoms in total. The first kappa shape index (κ1) is 16.2. The molecule has 0 fully saturated rings. The third kappa shape index (κ3) is 3.72. The van der Waals surface area contributed by atoms with E-state index in [1.165, 1.54) is 11.6 Å². The molecule has 0 radical (unpaired) electrons. The van der Waals surface area contributed by atoms with Crippen LogP contribution in [-0.4, -0.2) is 7.05 Å². The van der Waals surface area contributed by atoms with E-state index in [9.17, 15) is 4.39 Å². The predicted octanol–water partition coefficient (Wildman–Crippen LogP) is 5.35. The van der Waals surface area contributed by atoms with E-state index >= 15 is 0 Å². The topological polar surface area (TPSA) is 12.0 Å². The Balaban J connectivity index is 2.34. The third-order valence-electron chi connectivity index (χ3n) is 3.14. The molecule has 20 heavy (non-hydrogen) atoms. The second-order valence-corrected chi connectivity index (χ2v) is 6.88. The van der Waals surface area contributed by atoms with Crippen molar-refractivity contribution in [1.82, 2.24) is 5.32 Å². The van der Waals surface area contributed by atoms with Gasteiger partial charge in [-0.1, -0.05) is 39.7 Å². The van der Waals surface area contributed by atoms with E-state index in [0.29, 0.717) is 6.42 Å². The van der Waals surface area contributed by atoms with Crippen LogP contribution in [0.1, 0.15) is 17.2 Å². The smallest absolute Gasteiger partial charge is 0.142 e. The fraction of sp³-hybridized carbons (Fsp3) is 0.200. The van der Waals surface area contributed by atoms with Gasteiger partial charge >= 0.3 is 0 Å². The summed E-state index contributed by atoms with van der Waals surface area (Å²) in [5.74, 6) is -0.372. The van der Waals surface area contributed by atoms with Crippen LogP contribution < -0.4 is 5.32 Å². The number of benzene rings is 2.